The number of nitrogens with zero attached hydrogens (tertiary/aromatic N) is 5. The molecule has 7 nitrogen and oxygen atoms in total. The standard InChI is InChI=1S/C17H27N5O2/c1-12(2)21-8-13-9-22(15(23)14-6-7-20(5)18-14)11-17(13,10-21)16(24)19(3)4/h6-7,12-13H,8-11H2,1-5H3/t13-,17-/m0/s1. The first-order chi connectivity index (χ1) is 11.2. The molecule has 0 N–H and O–H groups in total. The molecule has 2 aliphatic heterocycles. The van der Waals surface area contributed by atoms with Crippen molar-refractivity contribution in [2.45, 2.75) is 19.9 Å². The summed E-state index contributed by atoms with van der Waals surface area (Å²) in [5.41, 5.74) is -0.0382. The van der Waals surface area contributed by atoms with Crippen molar-refractivity contribution in [3.63, 3.8) is 0 Å². The molecule has 2 aliphatic rings. The maximum Gasteiger partial charge on any atom is 0.274 e. The fourth-order valence-corrected chi connectivity index (χ4v) is 4.09. The zero-order valence-corrected chi connectivity index (χ0v) is 15.2. The number of rotatable bonds is 3. The average molecular weight is 333 g/mol. The smallest absolute Gasteiger partial charge is 0.274 e. The van der Waals surface area contributed by atoms with E-state index < -0.39 is 5.41 Å². The maximum atomic E-state index is 13.0. The van der Waals surface area contributed by atoms with Crippen LogP contribution < -0.4 is 0 Å². The quantitative estimate of drug-likeness (QED) is 0.798. The number of amides is 2. The molecule has 1 aromatic rings. The molecule has 0 aromatic carbocycles. The molecular weight excluding hydrogens is 306 g/mol. The highest BCUT2D eigenvalue weighted by atomic mass is 16.2. The van der Waals surface area contributed by atoms with Crippen LogP contribution in [0.5, 0.6) is 0 Å². The number of likely N-dealkylation sites (tertiary alicyclic amines) is 2. The predicted octanol–water partition coefficient (Wildman–Crippen LogP) is 0.291. The summed E-state index contributed by atoms with van der Waals surface area (Å²) in [7, 11) is 5.40. The minimum absolute atomic E-state index is 0.0768. The van der Waals surface area contributed by atoms with E-state index in [2.05, 4.69) is 23.8 Å². The number of carbonyl (C=O) groups is 2. The van der Waals surface area contributed by atoms with Gasteiger partial charge in [0.1, 0.15) is 5.69 Å². The maximum absolute atomic E-state index is 13.0. The second kappa shape index (κ2) is 5.88. The fraction of sp³-hybridized carbons (Fsp3) is 0.706. The fourth-order valence-electron chi connectivity index (χ4n) is 4.09. The Balaban J connectivity index is 1.85. The first-order valence-corrected chi connectivity index (χ1v) is 8.49. The molecule has 0 aliphatic carbocycles. The van der Waals surface area contributed by atoms with Crippen LogP contribution >= 0.6 is 0 Å². The van der Waals surface area contributed by atoms with Crippen molar-refractivity contribution < 1.29 is 9.59 Å². The number of aryl methyl sites for hydroxylation is 1. The van der Waals surface area contributed by atoms with Gasteiger partial charge in [0, 0.05) is 65.5 Å². The predicted molar refractivity (Wildman–Crippen MR) is 90.4 cm³/mol. The summed E-state index contributed by atoms with van der Waals surface area (Å²) in [5.74, 6) is 0.237. The molecule has 132 valence electrons. The van der Waals surface area contributed by atoms with E-state index in [0.717, 1.165) is 13.1 Å². The minimum atomic E-state index is -0.488. The van der Waals surface area contributed by atoms with Gasteiger partial charge in [-0.25, -0.2) is 0 Å². The van der Waals surface area contributed by atoms with Crippen molar-refractivity contribution in [1.82, 2.24) is 24.5 Å². The highest BCUT2D eigenvalue weighted by molar-refractivity contribution is 5.94. The Bertz CT molecular complexity index is 653. The monoisotopic (exact) mass is 333 g/mol. The average Bonchev–Trinajstić information content (AvgIpc) is 3.17. The van der Waals surface area contributed by atoms with Crippen LogP contribution in [0.15, 0.2) is 12.3 Å². The lowest BCUT2D eigenvalue weighted by Gasteiger charge is -2.31. The van der Waals surface area contributed by atoms with Gasteiger partial charge in [-0.3, -0.25) is 19.2 Å². The van der Waals surface area contributed by atoms with Crippen molar-refractivity contribution in [3.8, 4) is 0 Å². The van der Waals surface area contributed by atoms with Crippen LogP contribution in [-0.4, -0.2) is 82.6 Å². The van der Waals surface area contributed by atoms with Crippen molar-refractivity contribution in [3.05, 3.63) is 18.0 Å². The van der Waals surface area contributed by atoms with Gasteiger partial charge in [-0.05, 0) is 19.9 Å². The molecule has 24 heavy (non-hydrogen) atoms. The molecule has 0 radical (unpaired) electrons. The molecule has 0 spiro atoms. The lowest BCUT2D eigenvalue weighted by molar-refractivity contribution is -0.139. The second-order valence-electron chi connectivity index (χ2n) is 7.64. The van der Waals surface area contributed by atoms with Gasteiger partial charge in [0.2, 0.25) is 5.91 Å². The SMILES string of the molecule is CC(C)N1C[C@H]2CN(C(=O)c3ccn(C)n3)C[C@@]2(C(=O)N(C)C)C1. The van der Waals surface area contributed by atoms with Crippen molar-refractivity contribution >= 4 is 11.8 Å². The van der Waals surface area contributed by atoms with Gasteiger partial charge in [0.05, 0.1) is 5.41 Å². The molecule has 2 amide bonds. The van der Waals surface area contributed by atoms with Crippen LogP contribution in [0.25, 0.3) is 0 Å². The van der Waals surface area contributed by atoms with E-state index in [1.165, 1.54) is 0 Å². The Morgan fingerprint density at radius 1 is 1.29 bits per heavy atom. The molecule has 0 unspecified atom stereocenters. The van der Waals surface area contributed by atoms with E-state index in [1.54, 1.807) is 43.0 Å². The minimum Gasteiger partial charge on any atom is -0.348 e. The van der Waals surface area contributed by atoms with Crippen LogP contribution in [0, 0.1) is 11.3 Å². The van der Waals surface area contributed by atoms with Crippen LogP contribution in [0.4, 0.5) is 0 Å². The third-order valence-corrected chi connectivity index (χ3v) is 5.42. The summed E-state index contributed by atoms with van der Waals surface area (Å²) < 4.78 is 1.63. The molecule has 2 saturated heterocycles. The highest BCUT2D eigenvalue weighted by Crippen LogP contribution is 2.44. The van der Waals surface area contributed by atoms with Crippen molar-refractivity contribution in [2.75, 3.05) is 40.3 Å². The van der Waals surface area contributed by atoms with Crippen LogP contribution in [-0.2, 0) is 11.8 Å². The summed E-state index contributed by atoms with van der Waals surface area (Å²) in [4.78, 5) is 31.6. The number of hydrogen-bond donors (Lipinski definition) is 0. The molecule has 7 heteroatoms. The Kier molecular flexibility index (Phi) is 4.15. The van der Waals surface area contributed by atoms with E-state index in [1.807, 2.05) is 4.90 Å². The lowest BCUT2D eigenvalue weighted by atomic mass is 9.79. The Labute approximate surface area is 143 Å². The van der Waals surface area contributed by atoms with Crippen molar-refractivity contribution in [2.24, 2.45) is 18.4 Å². The number of fused-ring (bicyclic) bond motifs is 1. The molecule has 2 fully saturated rings. The molecule has 3 heterocycles. The first-order valence-electron chi connectivity index (χ1n) is 8.49. The zero-order valence-electron chi connectivity index (χ0n) is 15.2. The topological polar surface area (TPSA) is 61.7 Å². The number of carbonyl (C=O) groups excluding carboxylic acids is 2. The van der Waals surface area contributed by atoms with E-state index in [-0.39, 0.29) is 17.7 Å². The summed E-state index contributed by atoms with van der Waals surface area (Å²) in [6.07, 6.45) is 1.77. The van der Waals surface area contributed by atoms with Crippen LogP contribution in [0.3, 0.4) is 0 Å². The molecule has 1 aromatic heterocycles. The molecule has 2 atom stereocenters. The first kappa shape index (κ1) is 17.0. The van der Waals surface area contributed by atoms with Crippen LogP contribution in [0.2, 0.25) is 0 Å². The van der Waals surface area contributed by atoms with Gasteiger partial charge < -0.3 is 9.80 Å². The molecule has 0 bridgehead atoms. The lowest BCUT2D eigenvalue weighted by Crippen LogP contribution is -2.48. The molecule has 3 rings (SSSR count). The third-order valence-electron chi connectivity index (χ3n) is 5.42. The normalized spacial score (nSPS) is 26.9. The van der Waals surface area contributed by atoms with Crippen molar-refractivity contribution in [1.29, 1.82) is 0 Å². The summed E-state index contributed by atoms with van der Waals surface area (Å²) in [6.45, 7) is 7.00. The van der Waals surface area contributed by atoms with Gasteiger partial charge in [-0.15, -0.1) is 0 Å². The molecule has 0 saturated carbocycles. The van der Waals surface area contributed by atoms with Crippen LogP contribution in [0.1, 0.15) is 24.3 Å². The zero-order chi connectivity index (χ0) is 17.6. The van der Waals surface area contributed by atoms with Gasteiger partial charge in [0.15, 0.2) is 0 Å². The Morgan fingerprint density at radius 3 is 2.54 bits per heavy atom. The third kappa shape index (κ3) is 2.60. The van der Waals surface area contributed by atoms with Gasteiger partial charge in [0.25, 0.3) is 5.91 Å². The van der Waals surface area contributed by atoms with Gasteiger partial charge >= 0.3 is 0 Å². The second-order valence-corrected chi connectivity index (χ2v) is 7.64. The summed E-state index contributed by atoms with van der Waals surface area (Å²) in [6, 6.07) is 2.14. The van der Waals surface area contributed by atoms with E-state index in [0.29, 0.717) is 24.8 Å². The largest absolute Gasteiger partial charge is 0.348 e. The van der Waals surface area contributed by atoms with Gasteiger partial charge in [-0.2, -0.15) is 5.10 Å². The Hall–Kier alpha value is -1.89. The van der Waals surface area contributed by atoms with E-state index >= 15 is 0 Å². The highest BCUT2D eigenvalue weighted by Gasteiger charge is 2.58. The molecular formula is C17H27N5O2. The summed E-state index contributed by atoms with van der Waals surface area (Å²) >= 11 is 0. The Morgan fingerprint density at radius 2 is 2.00 bits per heavy atom. The van der Waals surface area contributed by atoms with E-state index in [9.17, 15) is 9.59 Å². The number of aromatic nitrogens is 2. The van der Waals surface area contributed by atoms with E-state index in [4.69, 9.17) is 0 Å². The van der Waals surface area contributed by atoms with Gasteiger partial charge in [-0.1, -0.05) is 0 Å². The summed E-state index contributed by atoms with van der Waals surface area (Å²) in [5, 5.41) is 4.21. The number of hydrogen-bond acceptors (Lipinski definition) is 4.